The molecule has 84 valence electrons. The first-order valence-corrected chi connectivity index (χ1v) is 5.30. The van der Waals surface area contributed by atoms with Crippen molar-refractivity contribution in [3.8, 4) is 0 Å². The first-order chi connectivity index (χ1) is 8.36. The summed E-state index contributed by atoms with van der Waals surface area (Å²) in [4.78, 5) is 15.6. The van der Waals surface area contributed by atoms with E-state index in [4.69, 9.17) is 0 Å². The lowest BCUT2D eigenvalue weighted by molar-refractivity contribution is 0.0965. The highest BCUT2D eigenvalue weighted by Gasteiger charge is 2.02. The molecule has 0 radical (unpaired) electrons. The number of carbonyl (C=O) groups is 1. The quantitative estimate of drug-likeness (QED) is 0.870. The van der Waals surface area contributed by atoms with E-state index in [-0.39, 0.29) is 5.91 Å². The third-order valence-electron chi connectivity index (χ3n) is 2.19. The van der Waals surface area contributed by atoms with Crippen molar-refractivity contribution in [3.05, 3.63) is 72.2 Å². The summed E-state index contributed by atoms with van der Waals surface area (Å²) in [5.74, 6) is -0.210. The van der Waals surface area contributed by atoms with Crippen LogP contribution in [0.25, 0.3) is 6.08 Å². The average Bonchev–Trinajstić information content (AvgIpc) is 2.41. The molecule has 0 saturated heterocycles. The Kier molecular flexibility index (Phi) is 3.65. The van der Waals surface area contributed by atoms with Gasteiger partial charge in [0.2, 0.25) is 0 Å². The minimum Gasteiger partial charge on any atom is -0.327 e. The van der Waals surface area contributed by atoms with Crippen LogP contribution in [0, 0.1) is 0 Å². The molecule has 3 heteroatoms. The van der Waals surface area contributed by atoms with Crippen LogP contribution >= 0.6 is 0 Å². The second-order valence-electron chi connectivity index (χ2n) is 3.43. The summed E-state index contributed by atoms with van der Waals surface area (Å²) in [7, 11) is 0. The number of hydrogen-bond acceptors (Lipinski definition) is 2. The van der Waals surface area contributed by atoms with Gasteiger partial charge in [0.1, 0.15) is 5.69 Å². The van der Waals surface area contributed by atoms with Gasteiger partial charge in [-0.15, -0.1) is 0 Å². The van der Waals surface area contributed by atoms with Crippen LogP contribution in [0.4, 0.5) is 0 Å². The van der Waals surface area contributed by atoms with Gasteiger partial charge in [0.05, 0.1) is 0 Å². The molecule has 0 aliphatic rings. The molecule has 1 N–H and O–H groups in total. The van der Waals surface area contributed by atoms with Gasteiger partial charge in [-0.2, -0.15) is 0 Å². The maximum Gasteiger partial charge on any atom is 0.273 e. The zero-order chi connectivity index (χ0) is 11.9. The van der Waals surface area contributed by atoms with E-state index in [0.29, 0.717) is 5.69 Å². The minimum absolute atomic E-state index is 0.210. The third-order valence-corrected chi connectivity index (χ3v) is 2.19. The molecule has 0 fully saturated rings. The molecule has 1 aromatic carbocycles. The number of amides is 1. The van der Waals surface area contributed by atoms with Gasteiger partial charge in [0.15, 0.2) is 0 Å². The molecule has 2 aromatic rings. The standard InChI is InChI=1S/C14H12N2O/c17-14(13-8-4-5-10-15-13)16-11-9-12-6-2-1-3-7-12/h1-11H,(H,16,17). The summed E-state index contributed by atoms with van der Waals surface area (Å²) in [5, 5.41) is 2.67. The second-order valence-corrected chi connectivity index (χ2v) is 3.43. The van der Waals surface area contributed by atoms with Gasteiger partial charge in [0.25, 0.3) is 5.91 Å². The van der Waals surface area contributed by atoms with Crippen LogP contribution in [-0.4, -0.2) is 10.9 Å². The van der Waals surface area contributed by atoms with Crippen LogP contribution in [0.5, 0.6) is 0 Å². The highest BCUT2D eigenvalue weighted by atomic mass is 16.1. The second kappa shape index (κ2) is 5.61. The van der Waals surface area contributed by atoms with Crippen molar-refractivity contribution in [3.63, 3.8) is 0 Å². The molecule has 0 aliphatic heterocycles. The first-order valence-electron chi connectivity index (χ1n) is 5.30. The van der Waals surface area contributed by atoms with Gasteiger partial charge >= 0.3 is 0 Å². The normalized spacial score (nSPS) is 10.4. The zero-order valence-corrected chi connectivity index (χ0v) is 9.21. The Balaban J connectivity index is 1.95. The van der Waals surface area contributed by atoms with E-state index < -0.39 is 0 Å². The van der Waals surface area contributed by atoms with E-state index in [1.54, 1.807) is 30.6 Å². The number of hydrogen-bond donors (Lipinski definition) is 1. The monoisotopic (exact) mass is 224 g/mol. The fourth-order valence-corrected chi connectivity index (χ4v) is 1.35. The molecule has 0 aliphatic carbocycles. The van der Waals surface area contributed by atoms with Crippen LogP contribution in [0.3, 0.4) is 0 Å². The maximum absolute atomic E-state index is 11.6. The molecule has 17 heavy (non-hydrogen) atoms. The smallest absolute Gasteiger partial charge is 0.273 e. The minimum atomic E-state index is -0.210. The van der Waals surface area contributed by atoms with Crippen LogP contribution in [0.1, 0.15) is 16.1 Å². The van der Waals surface area contributed by atoms with E-state index in [2.05, 4.69) is 10.3 Å². The number of rotatable bonds is 3. The van der Waals surface area contributed by atoms with Crippen molar-refractivity contribution in [2.45, 2.75) is 0 Å². The number of nitrogens with one attached hydrogen (secondary N) is 1. The summed E-state index contributed by atoms with van der Waals surface area (Å²) in [6.45, 7) is 0. The SMILES string of the molecule is O=C(NC=Cc1ccccc1)c1ccccn1. The van der Waals surface area contributed by atoms with Crippen molar-refractivity contribution in [1.29, 1.82) is 0 Å². The van der Waals surface area contributed by atoms with E-state index in [1.165, 1.54) is 0 Å². The molecule has 0 saturated carbocycles. The number of aromatic nitrogens is 1. The molecule has 0 unspecified atom stereocenters. The summed E-state index contributed by atoms with van der Waals surface area (Å²) >= 11 is 0. The molecule has 3 nitrogen and oxygen atoms in total. The number of carbonyl (C=O) groups excluding carboxylic acids is 1. The van der Waals surface area contributed by atoms with Gasteiger partial charge < -0.3 is 5.32 Å². The third kappa shape index (κ3) is 3.28. The van der Waals surface area contributed by atoms with Crippen molar-refractivity contribution >= 4 is 12.0 Å². The molecular formula is C14H12N2O. The lowest BCUT2D eigenvalue weighted by atomic mass is 10.2. The summed E-state index contributed by atoms with van der Waals surface area (Å²) < 4.78 is 0. The lowest BCUT2D eigenvalue weighted by Gasteiger charge is -1.98. The van der Waals surface area contributed by atoms with Crippen LogP contribution in [0.2, 0.25) is 0 Å². The Hall–Kier alpha value is -2.42. The first kappa shape index (κ1) is 11.1. The number of nitrogens with zero attached hydrogens (tertiary/aromatic N) is 1. The Labute approximate surface area is 99.8 Å². The summed E-state index contributed by atoms with van der Waals surface area (Å²) in [6.07, 6.45) is 5.04. The Morgan fingerprint density at radius 2 is 1.82 bits per heavy atom. The fourth-order valence-electron chi connectivity index (χ4n) is 1.35. The molecule has 0 bridgehead atoms. The molecular weight excluding hydrogens is 212 g/mol. The highest BCUT2D eigenvalue weighted by Crippen LogP contribution is 2.00. The predicted molar refractivity (Wildman–Crippen MR) is 67.2 cm³/mol. The average molecular weight is 224 g/mol. The molecule has 1 aromatic heterocycles. The zero-order valence-electron chi connectivity index (χ0n) is 9.21. The molecule has 0 atom stereocenters. The van der Waals surface area contributed by atoms with Gasteiger partial charge in [-0.1, -0.05) is 36.4 Å². The number of benzene rings is 1. The highest BCUT2D eigenvalue weighted by molar-refractivity contribution is 5.93. The summed E-state index contributed by atoms with van der Waals surface area (Å²) in [5.41, 5.74) is 1.44. The van der Waals surface area contributed by atoms with Crippen LogP contribution in [-0.2, 0) is 0 Å². The van der Waals surface area contributed by atoms with Crippen molar-refractivity contribution in [2.24, 2.45) is 0 Å². The van der Waals surface area contributed by atoms with Gasteiger partial charge in [-0.05, 0) is 23.8 Å². The Morgan fingerprint density at radius 1 is 1.06 bits per heavy atom. The topological polar surface area (TPSA) is 42.0 Å². The van der Waals surface area contributed by atoms with Crippen LogP contribution < -0.4 is 5.32 Å². The van der Waals surface area contributed by atoms with Crippen molar-refractivity contribution in [1.82, 2.24) is 10.3 Å². The number of pyridine rings is 1. The van der Waals surface area contributed by atoms with E-state index in [1.807, 2.05) is 36.4 Å². The van der Waals surface area contributed by atoms with E-state index >= 15 is 0 Å². The lowest BCUT2D eigenvalue weighted by Crippen LogP contribution is -2.17. The molecule has 1 amide bonds. The predicted octanol–water partition coefficient (Wildman–Crippen LogP) is 2.48. The molecule has 2 rings (SSSR count). The summed E-state index contributed by atoms with van der Waals surface area (Å²) in [6, 6.07) is 15.0. The maximum atomic E-state index is 11.6. The fraction of sp³-hybridized carbons (Fsp3) is 0. The Bertz CT molecular complexity index is 506. The Morgan fingerprint density at radius 3 is 2.53 bits per heavy atom. The van der Waals surface area contributed by atoms with E-state index in [9.17, 15) is 4.79 Å². The van der Waals surface area contributed by atoms with Gasteiger partial charge in [-0.25, -0.2) is 0 Å². The molecule has 0 spiro atoms. The van der Waals surface area contributed by atoms with Crippen molar-refractivity contribution in [2.75, 3.05) is 0 Å². The largest absolute Gasteiger partial charge is 0.327 e. The van der Waals surface area contributed by atoms with Gasteiger partial charge in [0, 0.05) is 12.4 Å². The van der Waals surface area contributed by atoms with E-state index in [0.717, 1.165) is 5.56 Å². The molecule has 1 heterocycles. The van der Waals surface area contributed by atoms with Crippen LogP contribution in [0.15, 0.2) is 60.9 Å². The van der Waals surface area contributed by atoms with Crippen molar-refractivity contribution < 1.29 is 4.79 Å². The van der Waals surface area contributed by atoms with Gasteiger partial charge in [-0.3, -0.25) is 9.78 Å².